The van der Waals surface area contributed by atoms with E-state index in [0.717, 1.165) is 36.7 Å². The largest absolute Gasteiger partial charge is 0.494 e. The quantitative estimate of drug-likeness (QED) is 0.807. The zero-order chi connectivity index (χ0) is 13.8. The molecule has 110 valence electrons. The first-order chi connectivity index (χ1) is 9.86. The summed E-state index contributed by atoms with van der Waals surface area (Å²) in [5.41, 5.74) is 1.51. The molecule has 3 rings (SSSR count). The van der Waals surface area contributed by atoms with Crippen LogP contribution in [0.5, 0.6) is 5.75 Å². The van der Waals surface area contributed by atoms with Crippen LogP contribution in [0.4, 0.5) is 0 Å². The van der Waals surface area contributed by atoms with E-state index in [0.29, 0.717) is 0 Å². The van der Waals surface area contributed by atoms with Gasteiger partial charge in [-0.3, -0.25) is 0 Å². The second kappa shape index (κ2) is 6.62. The highest BCUT2D eigenvalue weighted by Crippen LogP contribution is 2.40. The Kier molecular flexibility index (Phi) is 4.62. The summed E-state index contributed by atoms with van der Waals surface area (Å²) >= 11 is 0. The molecule has 2 aliphatic rings. The van der Waals surface area contributed by atoms with E-state index >= 15 is 0 Å². The number of nitrogens with one attached hydrogen (secondary N) is 1. The van der Waals surface area contributed by atoms with Crippen LogP contribution in [-0.4, -0.2) is 19.2 Å². The summed E-state index contributed by atoms with van der Waals surface area (Å²) in [4.78, 5) is 0. The van der Waals surface area contributed by atoms with Gasteiger partial charge in [0.2, 0.25) is 0 Å². The normalized spacial score (nSPS) is 25.9. The van der Waals surface area contributed by atoms with Gasteiger partial charge in [0.15, 0.2) is 0 Å². The van der Waals surface area contributed by atoms with E-state index in [-0.39, 0.29) is 0 Å². The van der Waals surface area contributed by atoms with Crippen molar-refractivity contribution in [1.29, 1.82) is 0 Å². The van der Waals surface area contributed by atoms with Gasteiger partial charge in [0.1, 0.15) is 5.75 Å². The third-order valence-electron chi connectivity index (χ3n) is 4.69. The number of hydrogen-bond acceptors (Lipinski definition) is 2. The molecular formula is C18H27NO. The third-order valence-corrected chi connectivity index (χ3v) is 4.69. The molecular weight excluding hydrogens is 246 g/mol. The van der Waals surface area contributed by atoms with Crippen LogP contribution >= 0.6 is 0 Å². The van der Waals surface area contributed by atoms with E-state index in [1.807, 2.05) is 0 Å². The third kappa shape index (κ3) is 3.54. The predicted octanol–water partition coefficient (Wildman–Crippen LogP) is 4.11. The predicted molar refractivity (Wildman–Crippen MR) is 83.3 cm³/mol. The second-order valence-corrected chi connectivity index (χ2v) is 6.40. The maximum absolute atomic E-state index is 5.67. The Labute approximate surface area is 122 Å². The Morgan fingerprint density at radius 1 is 1.10 bits per heavy atom. The van der Waals surface area contributed by atoms with Crippen LogP contribution in [0.1, 0.15) is 56.9 Å². The standard InChI is InChI=1S/C18H27NO/c1-2-12-20-17-10-6-14(7-11-17)18-5-3-4-15(18)13-19-16-8-9-16/h6-7,10-11,15-16,18-19H,2-5,8-9,12-13H2,1H3. The van der Waals surface area contributed by atoms with Crippen LogP contribution in [0.2, 0.25) is 0 Å². The molecule has 2 fully saturated rings. The minimum atomic E-state index is 0.751. The van der Waals surface area contributed by atoms with Crippen LogP contribution in [-0.2, 0) is 0 Å². The molecule has 0 heterocycles. The highest BCUT2D eigenvalue weighted by atomic mass is 16.5. The minimum Gasteiger partial charge on any atom is -0.494 e. The molecule has 2 atom stereocenters. The van der Waals surface area contributed by atoms with Gasteiger partial charge in [-0.1, -0.05) is 25.5 Å². The average molecular weight is 273 g/mol. The first-order valence-corrected chi connectivity index (χ1v) is 8.33. The first-order valence-electron chi connectivity index (χ1n) is 8.33. The lowest BCUT2D eigenvalue weighted by molar-refractivity contribution is 0.317. The van der Waals surface area contributed by atoms with Gasteiger partial charge in [0, 0.05) is 6.04 Å². The molecule has 0 radical (unpaired) electrons. The zero-order valence-corrected chi connectivity index (χ0v) is 12.6. The number of rotatable bonds is 7. The summed E-state index contributed by atoms with van der Waals surface area (Å²) < 4.78 is 5.67. The maximum atomic E-state index is 5.67. The Bertz CT molecular complexity index is 410. The van der Waals surface area contributed by atoms with E-state index in [9.17, 15) is 0 Å². The Morgan fingerprint density at radius 2 is 1.90 bits per heavy atom. The lowest BCUT2D eigenvalue weighted by Crippen LogP contribution is -2.26. The Balaban J connectivity index is 1.58. The Hall–Kier alpha value is -1.02. The summed E-state index contributed by atoms with van der Waals surface area (Å²) in [6, 6.07) is 9.70. The van der Waals surface area contributed by atoms with Gasteiger partial charge in [-0.2, -0.15) is 0 Å². The zero-order valence-electron chi connectivity index (χ0n) is 12.6. The molecule has 0 spiro atoms. The molecule has 2 aliphatic carbocycles. The number of hydrogen-bond donors (Lipinski definition) is 1. The summed E-state index contributed by atoms with van der Waals surface area (Å²) in [5.74, 6) is 2.60. The van der Waals surface area contributed by atoms with E-state index in [4.69, 9.17) is 4.74 Å². The van der Waals surface area contributed by atoms with Crippen LogP contribution < -0.4 is 10.1 Å². The van der Waals surface area contributed by atoms with Crippen molar-refractivity contribution in [3.8, 4) is 5.75 Å². The molecule has 0 saturated heterocycles. The lowest BCUT2D eigenvalue weighted by atomic mass is 9.89. The van der Waals surface area contributed by atoms with Crippen molar-refractivity contribution >= 4 is 0 Å². The summed E-state index contributed by atoms with van der Waals surface area (Å²) in [6.45, 7) is 4.17. The highest BCUT2D eigenvalue weighted by Gasteiger charge is 2.30. The monoisotopic (exact) mass is 273 g/mol. The average Bonchev–Trinajstić information content (AvgIpc) is 3.20. The SMILES string of the molecule is CCCOc1ccc(C2CCCC2CNC2CC2)cc1. The van der Waals surface area contributed by atoms with Gasteiger partial charge in [0.05, 0.1) is 6.61 Å². The van der Waals surface area contributed by atoms with E-state index in [1.54, 1.807) is 0 Å². The van der Waals surface area contributed by atoms with Crippen LogP contribution in [0.15, 0.2) is 24.3 Å². The molecule has 1 N–H and O–H groups in total. The summed E-state index contributed by atoms with van der Waals surface area (Å²) in [7, 11) is 0. The van der Waals surface area contributed by atoms with Crippen molar-refractivity contribution in [3.63, 3.8) is 0 Å². The smallest absolute Gasteiger partial charge is 0.119 e. The fourth-order valence-electron chi connectivity index (χ4n) is 3.36. The van der Waals surface area contributed by atoms with Gasteiger partial charge in [-0.15, -0.1) is 0 Å². The fourth-order valence-corrected chi connectivity index (χ4v) is 3.36. The van der Waals surface area contributed by atoms with Gasteiger partial charge < -0.3 is 10.1 Å². The van der Waals surface area contributed by atoms with Crippen molar-refractivity contribution in [2.75, 3.05) is 13.2 Å². The van der Waals surface area contributed by atoms with Gasteiger partial charge in [-0.05, 0) is 68.2 Å². The van der Waals surface area contributed by atoms with E-state index in [1.165, 1.54) is 44.2 Å². The van der Waals surface area contributed by atoms with E-state index < -0.39 is 0 Å². The van der Waals surface area contributed by atoms with Crippen molar-refractivity contribution < 1.29 is 4.74 Å². The molecule has 1 aromatic carbocycles. The topological polar surface area (TPSA) is 21.3 Å². The van der Waals surface area contributed by atoms with Crippen LogP contribution in [0, 0.1) is 5.92 Å². The van der Waals surface area contributed by atoms with Gasteiger partial charge in [0.25, 0.3) is 0 Å². The maximum Gasteiger partial charge on any atom is 0.119 e. The highest BCUT2D eigenvalue weighted by molar-refractivity contribution is 5.30. The minimum absolute atomic E-state index is 0.751. The summed E-state index contributed by atoms with van der Waals surface area (Å²) in [6.07, 6.45) is 7.97. The summed E-state index contributed by atoms with van der Waals surface area (Å²) in [5, 5.41) is 3.71. The molecule has 2 heteroatoms. The number of benzene rings is 1. The molecule has 2 nitrogen and oxygen atoms in total. The first kappa shape index (κ1) is 13.9. The molecule has 2 unspecified atom stereocenters. The second-order valence-electron chi connectivity index (χ2n) is 6.40. The van der Waals surface area contributed by atoms with Crippen molar-refractivity contribution in [2.24, 2.45) is 5.92 Å². The molecule has 20 heavy (non-hydrogen) atoms. The molecule has 2 saturated carbocycles. The van der Waals surface area contributed by atoms with Crippen LogP contribution in [0.25, 0.3) is 0 Å². The van der Waals surface area contributed by atoms with Crippen molar-refractivity contribution in [2.45, 2.75) is 57.4 Å². The van der Waals surface area contributed by atoms with Gasteiger partial charge >= 0.3 is 0 Å². The van der Waals surface area contributed by atoms with Crippen molar-refractivity contribution in [3.05, 3.63) is 29.8 Å². The molecule has 0 bridgehead atoms. The lowest BCUT2D eigenvalue weighted by Gasteiger charge is -2.21. The molecule has 0 aromatic heterocycles. The molecule has 0 aliphatic heterocycles. The Morgan fingerprint density at radius 3 is 2.60 bits per heavy atom. The number of ether oxygens (including phenoxy) is 1. The molecule has 0 amide bonds. The molecule has 1 aromatic rings. The van der Waals surface area contributed by atoms with Crippen LogP contribution in [0.3, 0.4) is 0 Å². The van der Waals surface area contributed by atoms with E-state index in [2.05, 4.69) is 36.5 Å². The fraction of sp³-hybridized carbons (Fsp3) is 0.667. The van der Waals surface area contributed by atoms with Crippen molar-refractivity contribution in [1.82, 2.24) is 5.32 Å². The van der Waals surface area contributed by atoms with Gasteiger partial charge in [-0.25, -0.2) is 0 Å².